The van der Waals surface area contributed by atoms with Crippen LogP contribution in [-0.4, -0.2) is 14.4 Å². The molecule has 0 amide bonds. The van der Waals surface area contributed by atoms with Crippen LogP contribution in [0.5, 0.6) is 0 Å². The molecule has 0 aromatic rings. The lowest BCUT2D eigenvalue weighted by atomic mass is 10.1. The van der Waals surface area contributed by atoms with Gasteiger partial charge in [0, 0.05) is 0 Å². The predicted molar refractivity (Wildman–Crippen MR) is 75.5 cm³/mol. The van der Waals surface area contributed by atoms with E-state index < -0.39 is 8.32 Å². The van der Waals surface area contributed by atoms with Crippen LogP contribution in [0.15, 0.2) is 10.2 Å². The Labute approximate surface area is 104 Å². The molecule has 0 saturated carbocycles. The van der Waals surface area contributed by atoms with Crippen LogP contribution < -0.4 is 0 Å². The van der Waals surface area contributed by atoms with Crippen molar-refractivity contribution in [3.05, 3.63) is 10.2 Å². The summed E-state index contributed by atoms with van der Waals surface area (Å²) >= 11 is 2.27. The Hall–Kier alpha value is 0.647. The first-order valence-electron chi connectivity index (χ1n) is 5.44. The predicted octanol–water partition coefficient (Wildman–Crippen LogP) is 4.74. The van der Waals surface area contributed by atoms with E-state index in [1.54, 1.807) is 0 Å². The van der Waals surface area contributed by atoms with Gasteiger partial charge >= 0.3 is 0 Å². The zero-order valence-electron chi connectivity index (χ0n) is 9.85. The maximum absolute atomic E-state index is 6.07. The molecule has 0 aliphatic heterocycles. The zero-order chi connectivity index (χ0) is 11.0. The molecule has 1 atom stereocenters. The van der Waals surface area contributed by atoms with Gasteiger partial charge in [0.05, 0.1) is 6.10 Å². The van der Waals surface area contributed by atoms with Gasteiger partial charge < -0.3 is 4.43 Å². The fourth-order valence-corrected chi connectivity index (χ4v) is 2.89. The molecule has 0 unspecified atom stereocenters. The Morgan fingerprint density at radius 2 is 1.93 bits per heavy atom. The van der Waals surface area contributed by atoms with Crippen LogP contribution in [0.4, 0.5) is 0 Å². The molecule has 84 valence electrons. The van der Waals surface area contributed by atoms with Crippen molar-refractivity contribution in [1.82, 2.24) is 0 Å². The summed E-state index contributed by atoms with van der Waals surface area (Å²) in [5, 5.41) is 0. The zero-order valence-corrected chi connectivity index (χ0v) is 13.0. The van der Waals surface area contributed by atoms with Gasteiger partial charge in [-0.15, -0.1) is 0 Å². The summed E-state index contributed by atoms with van der Waals surface area (Å²) in [7, 11) is -1.37. The summed E-state index contributed by atoms with van der Waals surface area (Å²) in [6, 6.07) is 0. The molecule has 3 heteroatoms. The minimum atomic E-state index is -1.37. The molecular formula is C11H23IOSi. The van der Waals surface area contributed by atoms with Crippen molar-refractivity contribution in [1.29, 1.82) is 0 Å². The lowest BCUT2D eigenvalue weighted by Gasteiger charge is -2.24. The number of unbranched alkanes of at least 4 members (excludes halogenated alkanes) is 2. The van der Waals surface area contributed by atoms with Crippen LogP contribution >= 0.6 is 22.6 Å². The van der Waals surface area contributed by atoms with Crippen LogP contribution in [-0.2, 0) is 4.43 Å². The molecule has 0 aliphatic rings. The smallest absolute Gasteiger partial charge is 0.184 e. The van der Waals surface area contributed by atoms with Crippen LogP contribution in [0.3, 0.4) is 0 Å². The molecule has 0 radical (unpaired) electrons. The second kappa shape index (κ2) is 7.88. The molecule has 0 rings (SSSR count). The second-order valence-electron chi connectivity index (χ2n) is 4.58. The summed E-state index contributed by atoms with van der Waals surface area (Å²) in [6.07, 6.45) is 7.61. The Bertz CT molecular complexity index is 163. The van der Waals surface area contributed by atoms with E-state index >= 15 is 0 Å². The summed E-state index contributed by atoms with van der Waals surface area (Å²) in [5.74, 6) is 0. The molecule has 1 nitrogen and oxygen atoms in total. The first-order valence-corrected chi connectivity index (χ1v) is 10.1. The quantitative estimate of drug-likeness (QED) is 0.373. The Balaban J connectivity index is 3.90. The summed E-state index contributed by atoms with van der Waals surface area (Å²) < 4.78 is 8.15. The van der Waals surface area contributed by atoms with Crippen molar-refractivity contribution >= 4 is 30.9 Å². The largest absolute Gasteiger partial charge is 0.411 e. The van der Waals surface area contributed by atoms with Gasteiger partial charge in [-0.3, -0.25) is 0 Å². The van der Waals surface area contributed by atoms with Crippen molar-refractivity contribution in [3.8, 4) is 0 Å². The lowest BCUT2D eigenvalue weighted by Crippen LogP contribution is -2.31. The highest BCUT2D eigenvalue weighted by Gasteiger charge is 2.18. The average Bonchev–Trinajstić information content (AvgIpc) is 2.02. The number of hydrogen-bond acceptors (Lipinski definition) is 1. The molecule has 0 aromatic heterocycles. The van der Waals surface area contributed by atoms with Crippen molar-refractivity contribution in [2.24, 2.45) is 0 Å². The molecule has 0 heterocycles. The first kappa shape index (κ1) is 14.6. The SMILES string of the molecule is CCCCC[C@@H](/C=C/I)O[Si](C)(C)C. The maximum atomic E-state index is 6.07. The van der Waals surface area contributed by atoms with Crippen LogP contribution in [0.2, 0.25) is 19.6 Å². The van der Waals surface area contributed by atoms with Gasteiger partial charge in [0.1, 0.15) is 0 Å². The van der Waals surface area contributed by atoms with E-state index in [4.69, 9.17) is 4.43 Å². The summed E-state index contributed by atoms with van der Waals surface area (Å²) in [6.45, 7) is 8.99. The standard InChI is InChI=1S/C11H23IOSi/c1-5-6-7-8-11(9-10-12)13-14(2,3)4/h9-11H,5-8H2,1-4H3/b10-9+/t11-/m0/s1. The van der Waals surface area contributed by atoms with Crippen molar-refractivity contribution in [2.75, 3.05) is 0 Å². The van der Waals surface area contributed by atoms with E-state index in [9.17, 15) is 0 Å². The molecular weight excluding hydrogens is 303 g/mol. The average molecular weight is 326 g/mol. The maximum Gasteiger partial charge on any atom is 0.184 e. The summed E-state index contributed by atoms with van der Waals surface area (Å²) in [4.78, 5) is 0. The monoisotopic (exact) mass is 326 g/mol. The highest BCUT2D eigenvalue weighted by molar-refractivity contribution is 14.1. The minimum absolute atomic E-state index is 0.352. The van der Waals surface area contributed by atoms with E-state index in [0.717, 1.165) is 0 Å². The molecule has 0 saturated heterocycles. The van der Waals surface area contributed by atoms with Gasteiger partial charge in [0.15, 0.2) is 8.32 Å². The van der Waals surface area contributed by atoms with Gasteiger partial charge in [-0.2, -0.15) is 0 Å². The molecule has 0 aliphatic carbocycles. The molecule has 0 fully saturated rings. The van der Waals surface area contributed by atoms with E-state index in [1.807, 2.05) is 0 Å². The molecule has 0 aromatic carbocycles. The van der Waals surface area contributed by atoms with E-state index in [2.05, 4.69) is 59.3 Å². The highest BCUT2D eigenvalue weighted by atomic mass is 127. The van der Waals surface area contributed by atoms with E-state index in [-0.39, 0.29) is 0 Å². The Morgan fingerprint density at radius 3 is 2.36 bits per heavy atom. The Morgan fingerprint density at radius 1 is 1.29 bits per heavy atom. The fraction of sp³-hybridized carbons (Fsp3) is 0.818. The van der Waals surface area contributed by atoms with Crippen LogP contribution in [0, 0.1) is 0 Å². The Kier molecular flexibility index (Phi) is 8.24. The molecule has 14 heavy (non-hydrogen) atoms. The third-order valence-corrected chi connectivity index (χ3v) is 3.31. The third-order valence-electron chi connectivity index (χ3n) is 1.88. The van der Waals surface area contributed by atoms with E-state index in [1.165, 1.54) is 25.7 Å². The normalized spacial score (nSPS) is 14.9. The fourth-order valence-electron chi connectivity index (χ4n) is 1.33. The van der Waals surface area contributed by atoms with Crippen LogP contribution in [0.25, 0.3) is 0 Å². The van der Waals surface area contributed by atoms with Gasteiger partial charge in [0.25, 0.3) is 0 Å². The number of hydrogen-bond donors (Lipinski definition) is 0. The third kappa shape index (κ3) is 9.21. The lowest BCUT2D eigenvalue weighted by molar-refractivity contribution is 0.227. The molecule has 0 N–H and O–H groups in total. The van der Waals surface area contributed by atoms with Gasteiger partial charge in [-0.25, -0.2) is 0 Å². The van der Waals surface area contributed by atoms with Crippen molar-refractivity contribution in [2.45, 2.75) is 58.4 Å². The van der Waals surface area contributed by atoms with Gasteiger partial charge in [0.2, 0.25) is 0 Å². The van der Waals surface area contributed by atoms with Gasteiger partial charge in [-0.1, -0.05) is 54.9 Å². The number of halogens is 1. The van der Waals surface area contributed by atoms with Crippen LogP contribution in [0.1, 0.15) is 32.6 Å². The minimum Gasteiger partial charge on any atom is -0.411 e. The second-order valence-corrected chi connectivity index (χ2v) is 9.76. The molecule has 0 bridgehead atoms. The first-order chi connectivity index (χ1) is 6.49. The highest BCUT2D eigenvalue weighted by Crippen LogP contribution is 2.15. The van der Waals surface area contributed by atoms with Crippen molar-refractivity contribution in [3.63, 3.8) is 0 Å². The number of rotatable bonds is 7. The van der Waals surface area contributed by atoms with E-state index in [0.29, 0.717) is 6.10 Å². The van der Waals surface area contributed by atoms with Crippen molar-refractivity contribution < 1.29 is 4.43 Å². The topological polar surface area (TPSA) is 9.23 Å². The molecule has 0 spiro atoms. The van der Waals surface area contributed by atoms with Gasteiger partial charge in [-0.05, 0) is 30.1 Å². The summed E-state index contributed by atoms with van der Waals surface area (Å²) in [5.41, 5.74) is 0.